The summed E-state index contributed by atoms with van der Waals surface area (Å²) in [6.45, 7) is 8.71. The molecular formula is C29H33FN6O3. The van der Waals surface area contributed by atoms with Gasteiger partial charge in [0.05, 0.1) is 17.1 Å². The zero-order valence-electron chi connectivity index (χ0n) is 22.5. The normalized spacial score (nSPS) is 11.2. The van der Waals surface area contributed by atoms with Crippen LogP contribution in [0.15, 0.2) is 66.9 Å². The van der Waals surface area contributed by atoms with E-state index in [1.165, 1.54) is 12.1 Å². The summed E-state index contributed by atoms with van der Waals surface area (Å²) in [5, 5.41) is 22.3. The van der Waals surface area contributed by atoms with E-state index in [1.54, 1.807) is 35.1 Å². The molecule has 0 spiro atoms. The Kier molecular flexibility index (Phi) is 8.46. The van der Waals surface area contributed by atoms with E-state index in [4.69, 9.17) is 14.9 Å². The lowest BCUT2D eigenvalue weighted by Crippen LogP contribution is -2.22. The highest BCUT2D eigenvalue weighted by Gasteiger charge is 2.22. The number of pyridine rings is 1. The van der Waals surface area contributed by atoms with Crippen molar-refractivity contribution in [3.63, 3.8) is 0 Å². The Morgan fingerprint density at radius 3 is 2.44 bits per heavy atom. The van der Waals surface area contributed by atoms with Crippen LogP contribution in [0.1, 0.15) is 38.6 Å². The van der Waals surface area contributed by atoms with Crippen LogP contribution in [0.3, 0.4) is 0 Å². The van der Waals surface area contributed by atoms with E-state index < -0.39 is 11.8 Å². The molecule has 0 saturated heterocycles. The number of aromatic nitrogens is 3. The van der Waals surface area contributed by atoms with Gasteiger partial charge in [0, 0.05) is 54.3 Å². The van der Waals surface area contributed by atoms with Crippen LogP contribution in [0, 0.1) is 12.7 Å². The number of amides is 2. The number of carbonyl (C=O) groups excluding carboxylic acids is 1. The SMILES string of the molecule is Cc1cc(Oc2ccc(NC(=O)Nc3cc(C(C)(C)C)nn3-c3ccc(NCCCO)cc3)c(F)c2)ccn1. The van der Waals surface area contributed by atoms with E-state index in [1.807, 2.05) is 52.0 Å². The summed E-state index contributed by atoms with van der Waals surface area (Å²) in [5.74, 6) is 0.636. The lowest BCUT2D eigenvalue weighted by atomic mass is 9.92. The molecule has 2 aromatic carbocycles. The number of nitrogens with one attached hydrogen (secondary N) is 3. The largest absolute Gasteiger partial charge is 0.457 e. The Morgan fingerprint density at radius 1 is 1.03 bits per heavy atom. The highest BCUT2D eigenvalue weighted by atomic mass is 19.1. The Hall–Kier alpha value is -4.44. The van der Waals surface area contributed by atoms with Crippen LogP contribution in [0.2, 0.25) is 0 Å². The van der Waals surface area contributed by atoms with E-state index in [2.05, 4.69) is 20.9 Å². The Bertz CT molecular complexity index is 1430. The van der Waals surface area contributed by atoms with Gasteiger partial charge in [-0.05, 0) is 55.8 Å². The maximum Gasteiger partial charge on any atom is 0.324 e. The zero-order chi connectivity index (χ0) is 28.0. The third-order valence-corrected chi connectivity index (χ3v) is 5.79. The van der Waals surface area contributed by atoms with Gasteiger partial charge in [0.1, 0.15) is 23.1 Å². The third-order valence-electron chi connectivity index (χ3n) is 5.79. The van der Waals surface area contributed by atoms with Gasteiger partial charge in [0.15, 0.2) is 0 Å². The summed E-state index contributed by atoms with van der Waals surface area (Å²) in [7, 11) is 0. The fraction of sp³-hybridized carbons (Fsp3) is 0.276. The van der Waals surface area contributed by atoms with Crippen molar-refractivity contribution in [3.8, 4) is 17.2 Å². The molecule has 4 rings (SSSR count). The molecule has 0 unspecified atom stereocenters. The second-order valence-corrected chi connectivity index (χ2v) is 10.1. The molecule has 204 valence electrons. The van der Waals surface area contributed by atoms with Gasteiger partial charge in [-0.3, -0.25) is 10.3 Å². The number of anilines is 3. The second kappa shape index (κ2) is 12.0. The number of aryl methyl sites for hydroxylation is 1. The van der Waals surface area contributed by atoms with E-state index >= 15 is 0 Å². The molecule has 10 heteroatoms. The van der Waals surface area contributed by atoms with E-state index in [-0.39, 0.29) is 17.7 Å². The van der Waals surface area contributed by atoms with Crippen molar-refractivity contribution in [2.75, 3.05) is 29.1 Å². The first kappa shape index (κ1) is 27.6. The number of aliphatic hydroxyl groups is 1. The van der Waals surface area contributed by atoms with Crippen molar-refractivity contribution in [1.82, 2.24) is 14.8 Å². The molecule has 0 bridgehead atoms. The van der Waals surface area contributed by atoms with Gasteiger partial charge in [-0.2, -0.15) is 5.10 Å². The Labute approximate surface area is 227 Å². The van der Waals surface area contributed by atoms with Gasteiger partial charge in [-0.1, -0.05) is 20.8 Å². The number of carbonyl (C=O) groups is 1. The molecule has 0 atom stereocenters. The van der Waals surface area contributed by atoms with Crippen LogP contribution in [-0.4, -0.2) is 39.1 Å². The number of urea groups is 1. The fourth-order valence-electron chi connectivity index (χ4n) is 3.72. The quantitative estimate of drug-likeness (QED) is 0.190. The number of halogens is 1. The van der Waals surface area contributed by atoms with Crippen molar-refractivity contribution in [3.05, 3.63) is 84.1 Å². The molecule has 0 fully saturated rings. The van der Waals surface area contributed by atoms with E-state index in [9.17, 15) is 9.18 Å². The predicted molar refractivity (Wildman–Crippen MR) is 151 cm³/mol. The smallest absolute Gasteiger partial charge is 0.324 e. The minimum atomic E-state index is -0.637. The van der Waals surface area contributed by atoms with Crippen molar-refractivity contribution < 1.29 is 19.0 Å². The van der Waals surface area contributed by atoms with Crippen LogP contribution in [0.4, 0.5) is 26.4 Å². The summed E-state index contributed by atoms with van der Waals surface area (Å²) < 4.78 is 22.1. The first-order chi connectivity index (χ1) is 18.6. The molecule has 2 heterocycles. The van der Waals surface area contributed by atoms with Gasteiger partial charge < -0.3 is 20.5 Å². The highest BCUT2D eigenvalue weighted by Crippen LogP contribution is 2.28. The molecule has 9 nitrogen and oxygen atoms in total. The molecule has 0 aliphatic heterocycles. The van der Waals surface area contributed by atoms with Crippen molar-refractivity contribution in [2.45, 2.75) is 39.5 Å². The maximum absolute atomic E-state index is 14.8. The molecule has 0 radical (unpaired) electrons. The third kappa shape index (κ3) is 7.32. The van der Waals surface area contributed by atoms with Crippen LogP contribution < -0.4 is 20.7 Å². The minimum absolute atomic E-state index is 0.00572. The van der Waals surface area contributed by atoms with Crippen LogP contribution >= 0.6 is 0 Å². The maximum atomic E-state index is 14.8. The lowest BCUT2D eigenvalue weighted by Gasteiger charge is -2.14. The number of nitrogens with zero attached hydrogens (tertiary/aromatic N) is 3. The highest BCUT2D eigenvalue weighted by molar-refractivity contribution is 5.99. The fourth-order valence-corrected chi connectivity index (χ4v) is 3.72. The van der Waals surface area contributed by atoms with Crippen molar-refractivity contribution in [1.29, 1.82) is 0 Å². The topological polar surface area (TPSA) is 113 Å². The number of hydrogen-bond acceptors (Lipinski definition) is 6. The average molecular weight is 533 g/mol. The van der Waals surface area contributed by atoms with Gasteiger partial charge >= 0.3 is 6.03 Å². The summed E-state index contributed by atoms with van der Waals surface area (Å²) in [6, 6.07) is 16.4. The van der Waals surface area contributed by atoms with Crippen molar-refractivity contribution in [2.24, 2.45) is 0 Å². The molecule has 0 aliphatic carbocycles. The number of hydrogen-bond donors (Lipinski definition) is 4. The van der Waals surface area contributed by atoms with Crippen molar-refractivity contribution >= 4 is 23.2 Å². The number of ether oxygens (including phenoxy) is 1. The van der Waals surface area contributed by atoms with Crippen LogP contribution in [0.25, 0.3) is 5.69 Å². The monoisotopic (exact) mass is 532 g/mol. The number of rotatable bonds is 9. The molecule has 4 aromatic rings. The first-order valence-electron chi connectivity index (χ1n) is 12.7. The van der Waals surface area contributed by atoms with Gasteiger partial charge in [-0.15, -0.1) is 0 Å². The summed E-state index contributed by atoms with van der Waals surface area (Å²) in [5.41, 5.74) is 2.95. The van der Waals surface area contributed by atoms with Gasteiger partial charge in [0.25, 0.3) is 0 Å². The number of aliphatic hydroxyl groups excluding tert-OH is 1. The van der Waals surface area contributed by atoms with Crippen LogP contribution in [-0.2, 0) is 5.41 Å². The Balaban J connectivity index is 1.49. The van der Waals surface area contributed by atoms with Crippen LogP contribution in [0.5, 0.6) is 11.5 Å². The first-order valence-corrected chi connectivity index (χ1v) is 12.7. The summed E-state index contributed by atoms with van der Waals surface area (Å²) in [4.78, 5) is 17.0. The predicted octanol–water partition coefficient (Wildman–Crippen LogP) is 6.24. The van der Waals surface area contributed by atoms with E-state index in [0.717, 1.165) is 22.8 Å². The molecule has 0 aliphatic rings. The Morgan fingerprint density at radius 2 is 1.77 bits per heavy atom. The van der Waals surface area contributed by atoms with Gasteiger partial charge in [-0.25, -0.2) is 13.9 Å². The average Bonchev–Trinajstić information content (AvgIpc) is 3.30. The van der Waals surface area contributed by atoms with Gasteiger partial charge in [0.2, 0.25) is 0 Å². The van der Waals surface area contributed by atoms with E-state index in [0.29, 0.717) is 30.3 Å². The molecule has 4 N–H and O–H groups in total. The summed E-state index contributed by atoms with van der Waals surface area (Å²) in [6.07, 6.45) is 2.27. The molecule has 39 heavy (non-hydrogen) atoms. The molecule has 0 saturated carbocycles. The lowest BCUT2D eigenvalue weighted by molar-refractivity contribution is 0.262. The standard InChI is InChI=1S/C29H33FN6O3/c1-19-16-23(12-14-31-19)39-22-10-11-25(24(30)17-22)33-28(38)34-27-18-26(29(2,3)4)35-36(27)21-8-6-20(7-9-21)32-13-5-15-37/h6-12,14,16-18,32,37H,5,13,15H2,1-4H3,(H2,33,34,38). The molecular weight excluding hydrogens is 499 g/mol. The zero-order valence-corrected chi connectivity index (χ0v) is 22.5. The molecule has 2 aromatic heterocycles. The number of benzene rings is 2. The molecule has 2 amide bonds. The second-order valence-electron chi connectivity index (χ2n) is 10.1. The summed E-state index contributed by atoms with van der Waals surface area (Å²) >= 11 is 0. The minimum Gasteiger partial charge on any atom is -0.457 e.